The summed E-state index contributed by atoms with van der Waals surface area (Å²) < 4.78 is 5.21. The number of H-pyrrole nitrogens is 1. The van der Waals surface area contributed by atoms with Crippen LogP contribution in [0, 0.1) is 0 Å². The second-order valence-corrected chi connectivity index (χ2v) is 5.99. The molecule has 23 heavy (non-hydrogen) atoms. The Labute approximate surface area is 134 Å². The predicted octanol–water partition coefficient (Wildman–Crippen LogP) is 3.05. The van der Waals surface area contributed by atoms with Gasteiger partial charge in [0.2, 0.25) is 0 Å². The van der Waals surface area contributed by atoms with Crippen molar-refractivity contribution in [3.05, 3.63) is 75.6 Å². The van der Waals surface area contributed by atoms with Gasteiger partial charge in [0, 0.05) is 31.3 Å². The van der Waals surface area contributed by atoms with Crippen LogP contribution in [0.1, 0.15) is 16.7 Å². The monoisotopic (exact) mass is 306 g/mol. The Morgan fingerprint density at radius 2 is 1.83 bits per heavy atom. The van der Waals surface area contributed by atoms with E-state index in [-0.39, 0.29) is 5.56 Å². The third-order valence-electron chi connectivity index (χ3n) is 4.43. The number of hydrogen-bond donors (Lipinski definition) is 1. The molecule has 1 aromatic heterocycles. The molecule has 0 atom stereocenters. The SMILES string of the molecule is COc1ccc2cc(CN3Cc4ccccc4C3)c(=O)[nH]c2c1. The molecule has 0 unspecified atom stereocenters. The Morgan fingerprint density at radius 3 is 2.52 bits per heavy atom. The highest BCUT2D eigenvalue weighted by molar-refractivity contribution is 5.80. The molecule has 0 aliphatic carbocycles. The summed E-state index contributed by atoms with van der Waals surface area (Å²) in [5.41, 5.74) is 4.30. The van der Waals surface area contributed by atoms with Gasteiger partial charge < -0.3 is 9.72 Å². The highest BCUT2D eigenvalue weighted by atomic mass is 16.5. The maximum Gasteiger partial charge on any atom is 0.252 e. The van der Waals surface area contributed by atoms with Crippen LogP contribution < -0.4 is 10.3 Å². The lowest BCUT2D eigenvalue weighted by Gasteiger charge is -2.14. The van der Waals surface area contributed by atoms with E-state index in [0.29, 0.717) is 6.54 Å². The van der Waals surface area contributed by atoms with Crippen molar-refractivity contribution in [1.82, 2.24) is 9.88 Å². The van der Waals surface area contributed by atoms with E-state index in [4.69, 9.17) is 4.74 Å². The summed E-state index contributed by atoms with van der Waals surface area (Å²) in [7, 11) is 1.62. The third-order valence-corrected chi connectivity index (χ3v) is 4.43. The molecule has 1 N–H and O–H groups in total. The first-order valence-electron chi connectivity index (χ1n) is 7.72. The molecule has 0 saturated heterocycles. The molecule has 2 heterocycles. The van der Waals surface area contributed by atoms with E-state index in [1.807, 2.05) is 24.3 Å². The number of nitrogens with one attached hydrogen (secondary N) is 1. The summed E-state index contributed by atoms with van der Waals surface area (Å²) in [6.45, 7) is 2.46. The van der Waals surface area contributed by atoms with Gasteiger partial charge in [0.1, 0.15) is 5.75 Å². The molecule has 0 saturated carbocycles. The number of hydrogen-bond acceptors (Lipinski definition) is 3. The van der Waals surface area contributed by atoms with E-state index in [2.05, 4.69) is 34.1 Å². The van der Waals surface area contributed by atoms with Crippen LogP contribution in [-0.4, -0.2) is 17.0 Å². The zero-order valence-electron chi connectivity index (χ0n) is 13.0. The zero-order valence-corrected chi connectivity index (χ0v) is 13.0. The molecule has 1 aliphatic rings. The molecule has 4 rings (SSSR count). The molecule has 0 radical (unpaired) electrons. The average molecular weight is 306 g/mol. The van der Waals surface area contributed by atoms with Crippen LogP contribution in [0.5, 0.6) is 5.75 Å². The summed E-state index contributed by atoms with van der Waals surface area (Å²) in [6, 6.07) is 16.2. The Kier molecular flexibility index (Phi) is 3.39. The molecular weight excluding hydrogens is 288 g/mol. The first-order chi connectivity index (χ1) is 11.2. The topological polar surface area (TPSA) is 45.3 Å². The molecule has 0 amide bonds. The Balaban J connectivity index is 1.63. The smallest absolute Gasteiger partial charge is 0.252 e. The van der Waals surface area contributed by atoms with Gasteiger partial charge >= 0.3 is 0 Å². The molecule has 0 bridgehead atoms. The normalized spacial score (nSPS) is 14.1. The standard InChI is InChI=1S/C19H18N2O2/c1-23-17-7-6-13-8-16(19(22)20-18(13)9-17)12-21-10-14-4-2-3-5-15(14)11-21/h2-9H,10-12H2,1H3,(H,20,22). The molecule has 4 nitrogen and oxygen atoms in total. The molecule has 4 heteroatoms. The lowest BCUT2D eigenvalue weighted by Crippen LogP contribution is -2.22. The fraction of sp³-hybridized carbons (Fsp3) is 0.211. The highest BCUT2D eigenvalue weighted by Crippen LogP contribution is 2.24. The van der Waals surface area contributed by atoms with Crippen LogP contribution in [0.2, 0.25) is 0 Å². The van der Waals surface area contributed by atoms with Crippen molar-refractivity contribution >= 4 is 10.9 Å². The Morgan fingerprint density at radius 1 is 1.09 bits per heavy atom. The van der Waals surface area contributed by atoms with Gasteiger partial charge in [-0.1, -0.05) is 24.3 Å². The van der Waals surface area contributed by atoms with E-state index in [0.717, 1.165) is 35.3 Å². The average Bonchev–Trinajstić information content (AvgIpc) is 2.97. The molecule has 0 fully saturated rings. The fourth-order valence-corrected chi connectivity index (χ4v) is 3.23. The van der Waals surface area contributed by atoms with E-state index in [1.165, 1.54) is 11.1 Å². The lowest BCUT2D eigenvalue weighted by molar-refractivity contribution is 0.274. The first kappa shape index (κ1) is 14.0. The number of fused-ring (bicyclic) bond motifs is 2. The number of benzene rings is 2. The van der Waals surface area contributed by atoms with E-state index < -0.39 is 0 Å². The van der Waals surface area contributed by atoms with Crippen molar-refractivity contribution in [3.8, 4) is 5.75 Å². The van der Waals surface area contributed by atoms with Crippen LogP contribution in [0.3, 0.4) is 0 Å². The van der Waals surface area contributed by atoms with Crippen molar-refractivity contribution in [2.45, 2.75) is 19.6 Å². The second-order valence-electron chi connectivity index (χ2n) is 5.99. The molecule has 116 valence electrons. The third kappa shape index (κ3) is 2.62. The number of pyridine rings is 1. The quantitative estimate of drug-likeness (QED) is 0.809. The minimum Gasteiger partial charge on any atom is -0.497 e. The number of aromatic nitrogens is 1. The number of methoxy groups -OCH3 is 1. The summed E-state index contributed by atoms with van der Waals surface area (Å²) in [6.07, 6.45) is 0. The van der Waals surface area contributed by atoms with E-state index >= 15 is 0 Å². The summed E-state index contributed by atoms with van der Waals surface area (Å²) in [4.78, 5) is 17.6. The molecule has 1 aliphatic heterocycles. The molecule has 2 aromatic carbocycles. The van der Waals surface area contributed by atoms with Gasteiger partial charge in [0.05, 0.1) is 12.6 Å². The van der Waals surface area contributed by atoms with Gasteiger partial charge in [-0.15, -0.1) is 0 Å². The van der Waals surface area contributed by atoms with Crippen LogP contribution in [-0.2, 0) is 19.6 Å². The van der Waals surface area contributed by atoms with E-state index in [9.17, 15) is 4.79 Å². The maximum atomic E-state index is 12.4. The fourth-order valence-electron chi connectivity index (χ4n) is 3.23. The number of ether oxygens (including phenoxy) is 1. The lowest BCUT2D eigenvalue weighted by atomic mass is 10.1. The van der Waals surface area contributed by atoms with Gasteiger partial charge in [-0.05, 0) is 34.7 Å². The van der Waals surface area contributed by atoms with Crippen molar-refractivity contribution in [1.29, 1.82) is 0 Å². The number of aromatic amines is 1. The number of nitrogens with zero attached hydrogens (tertiary/aromatic N) is 1. The summed E-state index contributed by atoms with van der Waals surface area (Å²) in [5, 5.41) is 1.03. The van der Waals surface area contributed by atoms with Gasteiger partial charge in [-0.2, -0.15) is 0 Å². The minimum absolute atomic E-state index is 0.0262. The van der Waals surface area contributed by atoms with Gasteiger partial charge in [-0.25, -0.2) is 0 Å². The number of rotatable bonds is 3. The molecular formula is C19H18N2O2. The zero-order chi connectivity index (χ0) is 15.8. The van der Waals surface area contributed by atoms with Gasteiger partial charge in [0.15, 0.2) is 0 Å². The summed E-state index contributed by atoms with van der Waals surface area (Å²) >= 11 is 0. The maximum absolute atomic E-state index is 12.4. The largest absolute Gasteiger partial charge is 0.497 e. The predicted molar refractivity (Wildman–Crippen MR) is 90.5 cm³/mol. The van der Waals surface area contributed by atoms with E-state index in [1.54, 1.807) is 7.11 Å². The van der Waals surface area contributed by atoms with Crippen LogP contribution in [0.15, 0.2) is 53.3 Å². The minimum atomic E-state index is -0.0262. The second kappa shape index (κ2) is 5.56. The molecule has 3 aromatic rings. The van der Waals surface area contributed by atoms with Crippen LogP contribution in [0.25, 0.3) is 10.9 Å². The first-order valence-corrected chi connectivity index (χ1v) is 7.72. The van der Waals surface area contributed by atoms with Crippen LogP contribution >= 0.6 is 0 Å². The van der Waals surface area contributed by atoms with Crippen LogP contribution in [0.4, 0.5) is 0 Å². The summed E-state index contributed by atoms with van der Waals surface area (Å²) in [5.74, 6) is 0.746. The highest BCUT2D eigenvalue weighted by Gasteiger charge is 2.19. The van der Waals surface area contributed by atoms with Gasteiger partial charge in [0.25, 0.3) is 5.56 Å². The van der Waals surface area contributed by atoms with Crippen molar-refractivity contribution in [2.75, 3.05) is 7.11 Å². The van der Waals surface area contributed by atoms with Crippen molar-refractivity contribution < 1.29 is 4.74 Å². The Hall–Kier alpha value is -2.59. The molecule has 0 spiro atoms. The van der Waals surface area contributed by atoms with Gasteiger partial charge in [-0.3, -0.25) is 9.69 Å². The van der Waals surface area contributed by atoms with Crippen molar-refractivity contribution in [2.24, 2.45) is 0 Å². The van der Waals surface area contributed by atoms with Crippen molar-refractivity contribution in [3.63, 3.8) is 0 Å². The Bertz CT molecular complexity index is 905.